The number of thiocarbonyl (C=S) groups is 1. The van der Waals surface area contributed by atoms with Crippen LogP contribution in [0.2, 0.25) is 0 Å². The molecule has 0 bridgehead atoms. The number of hydrogen-bond acceptors (Lipinski definition) is 5. The monoisotopic (exact) mass is 503 g/mol. The molecule has 156 valence electrons. The van der Waals surface area contributed by atoms with Crippen molar-refractivity contribution in [3.8, 4) is 11.5 Å². The summed E-state index contributed by atoms with van der Waals surface area (Å²) in [6, 6.07) is 11.4. The van der Waals surface area contributed by atoms with Gasteiger partial charge in [-0.1, -0.05) is 46.0 Å². The zero-order valence-corrected chi connectivity index (χ0v) is 20.0. The number of nitrogens with zero attached hydrogens (tertiary/aromatic N) is 1. The van der Waals surface area contributed by atoms with Gasteiger partial charge in [0, 0.05) is 10.0 Å². The number of halogens is 1. The highest BCUT2D eigenvalue weighted by atomic mass is 79.9. The van der Waals surface area contributed by atoms with E-state index in [9.17, 15) is 4.79 Å². The predicted octanol–water partition coefficient (Wildman–Crippen LogP) is 6.38. The van der Waals surface area contributed by atoms with E-state index in [-0.39, 0.29) is 5.91 Å². The Morgan fingerprint density at radius 2 is 1.87 bits per heavy atom. The number of thioether (sulfide) groups is 1. The summed E-state index contributed by atoms with van der Waals surface area (Å²) in [5, 5.41) is 0. The Bertz CT molecular complexity index is 1000. The van der Waals surface area contributed by atoms with Crippen LogP contribution in [0.5, 0.6) is 11.5 Å². The van der Waals surface area contributed by atoms with Gasteiger partial charge in [-0.15, -0.1) is 6.58 Å². The topological polar surface area (TPSA) is 38.8 Å². The number of carbonyl (C=O) groups is 1. The van der Waals surface area contributed by atoms with Gasteiger partial charge in [-0.2, -0.15) is 0 Å². The molecule has 0 atom stereocenters. The summed E-state index contributed by atoms with van der Waals surface area (Å²) in [7, 11) is 0. The van der Waals surface area contributed by atoms with E-state index in [1.807, 2.05) is 62.4 Å². The number of allylic oxidation sites excluding steroid dienone is 1. The minimum Gasteiger partial charge on any atom is -0.490 e. The highest BCUT2D eigenvalue weighted by Gasteiger charge is 2.33. The van der Waals surface area contributed by atoms with Crippen molar-refractivity contribution >= 4 is 61.9 Å². The maximum Gasteiger partial charge on any atom is 0.270 e. The molecule has 0 aromatic heterocycles. The van der Waals surface area contributed by atoms with E-state index >= 15 is 0 Å². The Kier molecular flexibility index (Phi) is 7.75. The van der Waals surface area contributed by atoms with Crippen molar-refractivity contribution in [2.24, 2.45) is 0 Å². The van der Waals surface area contributed by atoms with Crippen LogP contribution in [0.4, 0.5) is 5.69 Å². The molecule has 4 nitrogen and oxygen atoms in total. The lowest BCUT2D eigenvalue weighted by molar-refractivity contribution is -0.113. The second-order valence-electron chi connectivity index (χ2n) is 6.36. The fourth-order valence-corrected chi connectivity index (χ4v) is 4.64. The van der Waals surface area contributed by atoms with Crippen molar-refractivity contribution in [2.75, 3.05) is 18.1 Å². The van der Waals surface area contributed by atoms with Crippen LogP contribution < -0.4 is 14.4 Å². The van der Waals surface area contributed by atoms with Crippen LogP contribution in [-0.4, -0.2) is 23.4 Å². The first-order chi connectivity index (χ1) is 14.5. The molecule has 2 aromatic carbocycles. The number of hydrogen-bond donors (Lipinski definition) is 0. The molecule has 1 aliphatic rings. The van der Waals surface area contributed by atoms with Crippen molar-refractivity contribution < 1.29 is 14.3 Å². The van der Waals surface area contributed by atoms with Crippen LogP contribution in [-0.2, 0) is 11.2 Å². The first-order valence-corrected chi connectivity index (χ1v) is 11.6. The molecule has 0 radical (unpaired) electrons. The highest BCUT2D eigenvalue weighted by molar-refractivity contribution is 9.10. The van der Waals surface area contributed by atoms with Crippen molar-refractivity contribution in [3.05, 3.63) is 69.6 Å². The van der Waals surface area contributed by atoms with Crippen molar-refractivity contribution in [1.29, 1.82) is 0 Å². The zero-order valence-electron chi connectivity index (χ0n) is 16.8. The fourth-order valence-electron chi connectivity index (χ4n) is 3.08. The number of carbonyl (C=O) groups excluding carboxylic acids is 1. The molecule has 30 heavy (non-hydrogen) atoms. The maximum absolute atomic E-state index is 13.1. The third-order valence-electron chi connectivity index (χ3n) is 4.28. The Balaban J connectivity index is 1.99. The van der Waals surface area contributed by atoms with E-state index < -0.39 is 0 Å². The molecule has 0 unspecified atom stereocenters. The third-order valence-corrected chi connectivity index (χ3v) is 6.11. The van der Waals surface area contributed by atoms with Gasteiger partial charge >= 0.3 is 0 Å². The SMILES string of the molecule is C=CCc1cc(C=C2SC(=S)N(c3ccc(Br)cc3)C2=O)cc(OCC)c1OCC. The largest absolute Gasteiger partial charge is 0.490 e. The Labute approximate surface area is 195 Å². The number of anilines is 1. The summed E-state index contributed by atoms with van der Waals surface area (Å²) in [4.78, 5) is 15.2. The lowest BCUT2D eigenvalue weighted by Crippen LogP contribution is -2.27. The van der Waals surface area contributed by atoms with E-state index in [0.717, 1.165) is 27.0 Å². The van der Waals surface area contributed by atoms with E-state index in [2.05, 4.69) is 22.5 Å². The zero-order chi connectivity index (χ0) is 21.7. The van der Waals surface area contributed by atoms with Crippen molar-refractivity contribution in [1.82, 2.24) is 0 Å². The molecule has 1 heterocycles. The van der Waals surface area contributed by atoms with Crippen molar-refractivity contribution in [2.45, 2.75) is 20.3 Å². The Hall–Kier alpha value is -2.09. The van der Waals surface area contributed by atoms with Crippen LogP contribution in [0, 0.1) is 0 Å². The third kappa shape index (κ3) is 4.96. The fraction of sp³-hybridized carbons (Fsp3) is 0.217. The first-order valence-electron chi connectivity index (χ1n) is 9.55. The van der Waals surface area contributed by atoms with Crippen molar-refractivity contribution in [3.63, 3.8) is 0 Å². The molecule has 0 spiro atoms. The molecule has 7 heteroatoms. The second kappa shape index (κ2) is 10.3. The molecule has 3 rings (SSSR count). The summed E-state index contributed by atoms with van der Waals surface area (Å²) in [6.07, 6.45) is 4.31. The molecule has 1 aliphatic heterocycles. The smallest absolute Gasteiger partial charge is 0.270 e. The van der Waals surface area contributed by atoms with Crippen LogP contribution in [0.1, 0.15) is 25.0 Å². The number of amides is 1. The molecule has 2 aromatic rings. The van der Waals surface area contributed by atoms with Crippen LogP contribution in [0.15, 0.2) is 58.4 Å². The van der Waals surface area contributed by atoms with Gasteiger partial charge in [-0.25, -0.2) is 0 Å². The first kappa shape index (κ1) is 22.6. The van der Waals surface area contributed by atoms with Gasteiger partial charge in [0.05, 0.1) is 23.8 Å². The van der Waals surface area contributed by atoms with Gasteiger partial charge in [0.2, 0.25) is 0 Å². The molecule has 0 N–H and O–H groups in total. The molecule has 1 saturated heterocycles. The minimum absolute atomic E-state index is 0.135. The number of benzene rings is 2. The van der Waals surface area contributed by atoms with E-state index in [4.69, 9.17) is 21.7 Å². The van der Waals surface area contributed by atoms with E-state index in [0.29, 0.717) is 34.6 Å². The summed E-state index contributed by atoms with van der Waals surface area (Å²) in [5.74, 6) is 1.25. The van der Waals surface area contributed by atoms with E-state index in [1.165, 1.54) is 11.8 Å². The van der Waals surface area contributed by atoms with Gasteiger partial charge in [-0.05, 0) is 68.3 Å². The maximum atomic E-state index is 13.1. The normalized spacial score (nSPS) is 15.0. The van der Waals surface area contributed by atoms with E-state index in [1.54, 1.807) is 4.90 Å². The van der Waals surface area contributed by atoms with Gasteiger partial charge in [-0.3, -0.25) is 9.69 Å². The quantitative estimate of drug-likeness (QED) is 0.237. The average Bonchev–Trinajstić information content (AvgIpc) is 2.99. The Morgan fingerprint density at radius 1 is 1.17 bits per heavy atom. The molecule has 1 amide bonds. The van der Waals surface area contributed by atoms with Crippen LogP contribution in [0.3, 0.4) is 0 Å². The summed E-state index contributed by atoms with van der Waals surface area (Å²) < 4.78 is 13.1. The lowest BCUT2D eigenvalue weighted by Gasteiger charge is -2.16. The standard InChI is InChI=1S/C23H22BrNO3S2/c1-4-7-16-12-15(13-19(27-5-2)21(16)28-6-3)14-20-22(26)25(23(29)30-20)18-10-8-17(24)9-11-18/h4,8-14H,1,5-7H2,2-3H3. The number of rotatable bonds is 8. The predicted molar refractivity (Wildman–Crippen MR) is 132 cm³/mol. The van der Waals surface area contributed by atoms with Gasteiger partial charge in [0.25, 0.3) is 5.91 Å². The average molecular weight is 504 g/mol. The van der Waals surface area contributed by atoms with Crippen LogP contribution in [0.25, 0.3) is 6.08 Å². The van der Waals surface area contributed by atoms with Crippen LogP contribution >= 0.6 is 39.9 Å². The van der Waals surface area contributed by atoms with Gasteiger partial charge in [0.15, 0.2) is 15.8 Å². The molecule has 0 aliphatic carbocycles. The number of ether oxygens (including phenoxy) is 2. The molecular formula is C23H22BrNO3S2. The Morgan fingerprint density at radius 3 is 2.50 bits per heavy atom. The highest BCUT2D eigenvalue weighted by Crippen LogP contribution is 2.39. The second-order valence-corrected chi connectivity index (χ2v) is 8.95. The summed E-state index contributed by atoms with van der Waals surface area (Å²) in [5.41, 5.74) is 2.57. The van der Waals surface area contributed by atoms with Gasteiger partial charge in [0.1, 0.15) is 0 Å². The summed E-state index contributed by atoms with van der Waals surface area (Å²) >= 11 is 10.2. The summed E-state index contributed by atoms with van der Waals surface area (Å²) in [6.45, 7) is 8.76. The van der Waals surface area contributed by atoms with Gasteiger partial charge < -0.3 is 9.47 Å². The minimum atomic E-state index is -0.135. The molecule has 1 fully saturated rings. The molecular weight excluding hydrogens is 482 g/mol. The molecule has 0 saturated carbocycles. The lowest BCUT2D eigenvalue weighted by atomic mass is 10.0.